The predicted molar refractivity (Wildman–Crippen MR) is 102 cm³/mol. The van der Waals surface area contributed by atoms with E-state index in [-0.39, 0.29) is 23.6 Å². The summed E-state index contributed by atoms with van der Waals surface area (Å²) in [6.45, 7) is 5.66. The lowest BCUT2D eigenvalue weighted by Gasteiger charge is -2.31. The molecule has 1 aromatic rings. The molecular weight excluding hydrogens is 391 g/mol. The molecule has 164 valence electrons. The Morgan fingerprint density at radius 3 is 2.17 bits per heavy atom. The second-order valence-corrected chi connectivity index (χ2v) is 6.86. The number of primary amides is 1. The van der Waals surface area contributed by atoms with Crippen molar-refractivity contribution in [2.75, 3.05) is 14.1 Å². The highest BCUT2D eigenvalue weighted by atomic mass is 19.4. The molecule has 2 amide bonds. The van der Waals surface area contributed by atoms with Crippen LogP contribution in [0.2, 0.25) is 0 Å². The van der Waals surface area contributed by atoms with E-state index in [4.69, 9.17) is 10.5 Å². The minimum atomic E-state index is -4.64. The van der Waals surface area contributed by atoms with Crippen molar-refractivity contribution in [2.45, 2.75) is 45.5 Å². The van der Waals surface area contributed by atoms with Crippen molar-refractivity contribution in [3.63, 3.8) is 0 Å². The van der Waals surface area contributed by atoms with Crippen molar-refractivity contribution in [3.8, 4) is 5.75 Å². The van der Waals surface area contributed by atoms with Gasteiger partial charge in [-0.05, 0) is 37.1 Å². The summed E-state index contributed by atoms with van der Waals surface area (Å²) >= 11 is 0. The first kappa shape index (κ1) is 26.4. The molecule has 4 N–H and O–H groups in total. The number of carbonyl (C=O) groups is 3. The van der Waals surface area contributed by atoms with E-state index < -0.39 is 24.4 Å². The van der Waals surface area contributed by atoms with Crippen LogP contribution >= 0.6 is 0 Å². The number of aryl methyl sites for hydroxylation is 1. The van der Waals surface area contributed by atoms with E-state index in [1.165, 1.54) is 4.90 Å². The molecule has 0 spiro atoms. The third-order valence-electron chi connectivity index (χ3n) is 4.21. The Bertz CT molecular complexity index is 708. The van der Waals surface area contributed by atoms with Crippen LogP contribution in [0.4, 0.5) is 13.2 Å². The minimum Gasteiger partial charge on any atom is -0.508 e. The van der Waals surface area contributed by atoms with Gasteiger partial charge in [-0.15, -0.1) is 0 Å². The number of likely N-dealkylation sites (N-methyl/N-ethyl adjacent to an activating group) is 2. The van der Waals surface area contributed by atoms with Crippen LogP contribution in [0.1, 0.15) is 25.0 Å². The van der Waals surface area contributed by atoms with Gasteiger partial charge in [0.1, 0.15) is 11.8 Å². The summed E-state index contributed by atoms with van der Waals surface area (Å²) in [6, 6.07) is 4.00. The van der Waals surface area contributed by atoms with E-state index in [1.807, 2.05) is 13.8 Å². The quantitative estimate of drug-likeness (QED) is 0.581. The number of rotatable bonds is 7. The number of phenols is 1. The molecule has 0 heterocycles. The van der Waals surface area contributed by atoms with Crippen molar-refractivity contribution in [2.24, 2.45) is 11.7 Å². The molecule has 0 radical (unpaired) electrons. The van der Waals surface area contributed by atoms with Gasteiger partial charge in [-0.1, -0.05) is 26.0 Å². The molecule has 7 nitrogen and oxygen atoms in total. The van der Waals surface area contributed by atoms with Crippen LogP contribution in [0.3, 0.4) is 0 Å². The number of benzene rings is 1. The summed E-state index contributed by atoms with van der Waals surface area (Å²) in [5.41, 5.74) is 7.07. The van der Waals surface area contributed by atoms with Gasteiger partial charge in [0.05, 0.1) is 6.04 Å². The number of aldehydes is 1. The zero-order valence-electron chi connectivity index (χ0n) is 17.1. The molecule has 0 fully saturated rings. The summed E-state index contributed by atoms with van der Waals surface area (Å²) in [4.78, 5) is 34.5. The van der Waals surface area contributed by atoms with Crippen molar-refractivity contribution < 1.29 is 32.7 Å². The van der Waals surface area contributed by atoms with E-state index in [1.54, 1.807) is 39.2 Å². The summed E-state index contributed by atoms with van der Waals surface area (Å²) < 4.78 is 31.2. The van der Waals surface area contributed by atoms with E-state index in [0.717, 1.165) is 11.1 Å². The highest BCUT2D eigenvalue weighted by Gasteiger charge is 2.31. The number of nitrogens with two attached hydrogens (primary N) is 1. The lowest BCUT2D eigenvalue weighted by molar-refractivity contribution is -0.156. The fraction of sp³-hybridized carbons (Fsp3) is 0.526. The lowest BCUT2D eigenvalue weighted by Crippen LogP contribution is -2.54. The number of hydrogen-bond donors (Lipinski definition) is 3. The van der Waals surface area contributed by atoms with Crippen molar-refractivity contribution in [3.05, 3.63) is 29.3 Å². The first-order valence-electron chi connectivity index (χ1n) is 8.79. The number of alkyl halides is 3. The van der Waals surface area contributed by atoms with Crippen molar-refractivity contribution >= 4 is 18.1 Å². The Balaban J connectivity index is 0.00000113. The summed E-state index contributed by atoms with van der Waals surface area (Å²) in [5.74, 6) is -0.421. The molecule has 29 heavy (non-hydrogen) atoms. The Hall–Kier alpha value is -2.62. The Kier molecular flexibility index (Phi) is 10.4. The number of carbonyl (C=O) groups excluding carboxylic acids is 3. The van der Waals surface area contributed by atoms with Gasteiger partial charge < -0.3 is 21.1 Å². The number of nitrogens with zero attached hydrogens (tertiary/aromatic N) is 1. The van der Waals surface area contributed by atoms with Crippen LogP contribution in [0, 0.1) is 12.8 Å². The number of nitrogens with one attached hydrogen (secondary N) is 1. The first-order chi connectivity index (χ1) is 13.2. The Morgan fingerprint density at radius 1 is 1.31 bits per heavy atom. The zero-order chi connectivity index (χ0) is 22.9. The summed E-state index contributed by atoms with van der Waals surface area (Å²) in [5, 5.41) is 12.6. The monoisotopic (exact) mass is 419 g/mol. The average molecular weight is 419 g/mol. The number of phenolic OH excluding ortho intramolecular Hbond substituents is 1. The fourth-order valence-electron chi connectivity index (χ4n) is 2.61. The van der Waals surface area contributed by atoms with Crippen molar-refractivity contribution in [1.82, 2.24) is 10.2 Å². The second-order valence-electron chi connectivity index (χ2n) is 6.86. The van der Waals surface area contributed by atoms with Gasteiger partial charge in [-0.3, -0.25) is 14.4 Å². The molecule has 0 aromatic heterocycles. The molecule has 0 aliphatic carbocycles. The predicted octanol–water partition coefficient (Wildman–Crippen LogP) is 1.55. The third kappa shape index (κ3) is 8.95. The van der Waals surface area contributed by atoms with E-state index in [2.05, 4.69) is 5.32 Å². The lowest BCUT2D eigenvalue weighted by atomic mass is 9.99. The van der Waals surface area contributed by atoms with Gasteiger partial charge in [0.2, 0.25) is 18.1 Å². The fourth-order valence-corrected chi connectivity index (χ4v) is 2.61. The topological polar surface area (TPSA) is 113 Å². The average Bonchev–Trinajstić information content (AvgIpc) is 2.61. The molecule has 1 rings (SSSR count). The van der Waals surface area contributed by atoms with Crippen molar-refractivity contribution in [1.29, 1.82) is 0 Å². The molecule has 1 unspecified atom stereocenters. The highest BCUT2D eigenvalue weighted by molar-refractivity contribution is 5.89. The van der Waals surface area contributed by atoms with Crippen LogP contribution in [0.25, 0.3) is 0 Å². The number of hydrogen-bond acceptors (Lipinski definition) is 5. The van der Waals surface area contributed by atoms with Gasteiger partial charge in [-0.25, -0.2) is 0 Å². The molecular formula is C19H28F3N3O4. The van der Waals surface area contributed by atoms with Gasteiger partial charge >= 0.3 is 6.18 Å². The largest absolute Gasteiger partial charge is 0.508 e. The third-order valence-corrected chi connectivity index (χ3v) is 4.21. The second kappa shape index (κ2) is 11.4. The number of amides is 2. The normalized spacial score (nSPS) is 13.1. The molecule has 0 bridgehead atoms. The maximum absolute atomic E-state index is 12.6. The van der Waals surface area contributed by atoms with Crippen LogP contribution in [0.15, 0.2) is 18.2 Å². The summed E-state index contributed by atoms with van der Waals surface area (Å²) in [7, 11) is 3.32. The SMILES string of the molecule is CN[C@H](C(=O)N(C)C(Cc1ccc(O)c(C)c1)C(N)=O)C(C)C.O=CC(F)(F)F. The van der Waals surface area contributed by atoms with E-state index >= 15 is 0 Å². The number of aromatic hydroxyl groups is 1. The zero-order valence-corrected chi connectivity index (χ0v) is 17.1. The minimum absolute atomic E-state index is 0.0967. The molecule has 0 saturated carbocycles. The molecule has 0 aliphatic rings. The maximum Gasteiger partial charge on any atom is 0.446 e. The molecule has 1 aromatic carbocycles. The van der Waals surface area contributed by atoms with Crippen LogP contribution in [0.5, 0.6) is 5.75 Å². The molecule has 10 heteroatoms. The van der Waals surface area contributed by atoms with E-state index in [9.17, 15) is 27.9 Å². The number of halogens is 3. The Morgan fingerprint density at radius 2 is 1.83 bits per heavy atom. The van der Waals surface area contributed by atoms with Crippen LogP contribution in [-0.4, -0.2) is 60.5 Å². The van der Waals surface area contributed by atoms with Crippen LogP contribution < -0.4 is 11.1 Å². The molecule has 2 atom stereocenters. The maximum atomic E-state index is 12.6. The Labute approximate surface area is 168 Å². The van der Waals surface area contributed by atoms with E-state index in [0.29, 0.717) is 6.42 Å². The van der Waals surface area contributed by atoms with Gasteiger partial charge in [0.25, 0.3) is 0 Å². The van der Waals surface area contributed by atoms with Gasteiger partial charge in [0.15, 0.2) is 0 Å². The van der Waals surface area contributed by atoms with Gasteiger partial charge in [0, 0.05) is 13.5 Å². The smallest absolute Gasteiger partial charge is 0.446 e. The van der Waals surface area contributed by atoms with Crippen LogP contribution in [-0.2, 0) is 20.8 Å². The standard InChI is InChI=1S/C17H27N3O3.C2HF3O/c1-10(2)15(19-4)17(23)20(5)13(16(18)22)9-12-6-7-14(21)11(3)8-12;3-2(4,5)1-6/h6-8,10,13,15,19,21H,9H2,1-5H3,(H2,18,22);1H/t13?,15-;/m0./s1. The highest BCUT2D eigenvalue weighted by Crippen LogP contribution is 2.19. The molecule has 0 saturated heterocycles. The summed E-state index contributed by atoms with van der Waals surface area (Å²) in [6.07, 6.45) is -5.39. The van der Waals surface area contributed by atoms with Gasteiger partial charge in [-0.2, -0.15) is 13.2 Å². The molecule has 0 aliphatic heterocycles. The first-order valence-corrected chi connectivity index (χ1v) is 8.79.